The van der Waals surface area contributed by atoms with E-state index in [1.165, 1.54) is 24.3 Å². The van der Waals surface area contributed by atoms with Crippen LogP contribution in [0.25, 0.3) is 0 Å². The molecule has 324 valence electrons. The summed E-state index contributed by atoms with van der Waals surface area (Å²) in [5.74, 6) is -4.04. The zero-order chi connectivity index (χ0) is 44.1. The van der Waals surface area contributed by atoms with Crippen molar-refractivity contribution in [3.05, 3.63) is 86.5 Å². The summed E-state index contributed by atoms with van der Waals surface area (Å²) in [4.78, 5) is 60.8. The van der Waals surface area contributed by atoms with Crippen LogP contribution in [0.3, 0.4) is 0 Å². The van der Waals surface area contributed by atoms with Crippen LogP contribution in [-0.2, 0) is 72.6 Å². The number of rotatable bonds is 28. The third-order valence-corrected chi connectivity index (χ3v) is 9.42. The van der Waals surface area contributed by atoms with Crippen LogP contribution in [0.4, 0.5) is 0 Å². The maximum absolute atomic E-state index is 12.8. The first-order valence-corrected chi connectivity index (χ1v) is 20.0. The average molecular weight is 873 g/mol. The summed E-state index contributed by atoms with van der Waals surface area (Å²) in [7, 11) is -8.88. The lowest BCUT2D eigenvalue weighted by Gasteiger charge is -2.35. The van der Waals surface area contributed by atoms with E-state index in [-0.39, 0.29) is 47.3 Å². The number of aliphatic hydroxyl groups is 1. The Labute approximate surface area is 339 Å². The Hall–Kier alpha value is -5.65. The SMILES string of the molecule is C=CC(=O)OCC(COCC(CO)(COC(=O)CCOc1ccc(S(=O)(=O)O)cc1)COC(=O)CCOc1ccc(S(=O)(=O)O)cc1)(COC(=O)C=C)COC(=O)C=C. The van der Waals surface area contributed by atoms with Gasteiger partial charge in [-0.25, -0.2) is 14.4 Å². The Bertz CT molecular complexity index is 1830. The lowest BCUT2D eigenvalue weighted by molar-refractivity contribution is -0.169. The van der Waals surface area contributed by atoms with Gasteiger partial charge in [0.15, 0.2) is 0 Å². The largest absolute Gasteiger partial charge is 0.493 e. The fourth-order valence-electron chi connectivity index (χ4n) is 4.38. The molecule has 0 unspecified atom stereocenters. The third-order valence-electron chi connectivity index (χ3n) is 7.69. The van der Waals surface area contributed by atoms with Crippen molar-refractivity contribution in [1.29, 1.82) is 0 Å². The molecule has 22 heteroatoms. The highest BCUT2D eigenvalue weighted by molar-refractivity contribution is 7.86. The topological polar surface area (TPSA) is 288 Å². The Balaban J connectivity index is 2.22. The molecule has 3 N–H and O–H groups in total. The fourth-order valence-corrected chi connectivity index (χ4v) is 5.34. The van der Waals surface area contributed by atoms with Gasteiger partial charge in [-0.15, -0.1) is 0 Å². The van der Waals surface area contributed by atoms with Crippen LogP contribution in [-0.4, -0.2) is 127 Å². The molecule has 2 rings (SSSR count). The fraction of sp³-hybridized carbons (Fsp3) is 0.378. The van der Waals surface area contributed by atoms with Crippen molar-refractivity contribution in [2.45, 2.75) is 22.6 Å². The molecule has 0 aromatic heterocycles. The second-order valence-electron chi connectivity index (χ2n) is 12.5. The first-order valence-electron chi connectivity index (χ1n) is 17.1. The van der Waals surface area contributed by atoms with E-state index in [9.17, 15) is 45.9 Å². The number of benzene rings is 2. The van der Waals surface area contributed by atoms with E-state index in [0.29, 0.717) is 0 Å². The quantitative estimate of drug-likeness (QED) is 0.0474. The van der Waals surface area contributed by atoms with Crippen molar-refractivity contribution in [3.63, 3.8) is 0 Å². The van der Waals surface area contributed by atoms with Crippen LogP contribution in [0, 0.1) is 10.8 Å². The molecule has 0 fully saturated rings. The van der Waals surface area contributed by atoms with E-state index >= 15 is 0 Å². The average Bonchev–Trinajstić information content (AvgIpc) is 3.21. The highest BCUT2D eigenvalue weighted by atomic mass is 32.2. The summed E-state index contributed by atoms with van der Waals surface area (Å²) in [6.07, 6.45) is 1.85. The van der Waals surface area contributed by atoms with Crippen molar-refractivity contribution < 1.29 is 92.9 Å². The first kappa shape index (κ1) is 49.5. The molecular weight excluding hydrogens is 829 g/mol. The molecule has 59 heavy (non-hydrogen) atoms. The maximum Gasteiger partial charge on any atom is 0.330 e. The molecule has 0 amide bonds. The summed E-state index contributed by atoms with van der Waals surface area (Å²) in [5, 5.41) is 10.6. The molecule has 0 saturated heterocycles. The zero-order valence-corrected chi connectivity index (χ0v) is 33.2. The van der Waals surface area contributed by atoms with Crippen LogP contribution in [0.15, 0.2) is 96.3 Å². The van der Waals surface area contributed by atoms with Crippen LogP contribution < -0.4 is 9.47 Å². The highest BCUT2D eigenvalue weighted by Crippen LogP contribution is 2.26. The lowest BCUT2D eigenvalue weighted by Crippen LogP contribution is -2.46. The predicted octanol–water partition coefficient (Wildman–Crippen LogP) is 1.67. The molecule has 20 nitrogen and oxygen atoms in total. The maximum atomic E-state index is 12.8. The normalized spacial score (nSPS) is 11.6. The van der Waals surface area contributed by atoms with Gasteiger partial charge in [0.1, 0.15) is 44.5 Å². The van der Waals surface area contributed by atoms with Gasteiger partial charge in [-0.3, -0.25) is 18.7 Å². The number of aliphatic hydroxyl groups excluding tert-OH is 1. The zero-order valence-electron chi connectivity index (χ0n) is 31.6. The molecule has 0 aliphatic heterocycles. The monoisotopic (exact) mass is 872 g/mol. The molecular formula is C37H44O20S2. The molecule has 0 heterocycles. The minimum atomic E-state index is -4.44. The van der Waals surface area contributed by atoms with Crippen molar-refractivity contribution >= 4 is 50.1 Å². The molecule has 0 atom stereocenters. The summed E-state index contributed by atoms with van der Waals surface area (Å²) < 4.78 is 106. The molecule has 0 spiro atoms. The van der Waals surface area contributed by atoms with E-state index in [1.807, 2.05) is 0 Å². The van der Waals surface area contributed by atoms with Crippen LogP contribution >= 0.6 is 0 Å². The first-order chi connectivity index (χ1) is 27.8. The Morgan fingerprint density at radius 3 is 1.15 bits per heavy atom. The Morgan fingerprint density at radius 1 is 0.525 bits per heavy atom. The van der Waals surface area contributed by atoms with E-state index in [4.69, 9.17) is 47.0 Å². The van der Waals surface area contributed by atoms with Gasteiger partial charge in [0, 0.05) is 18.2 Å². The minimum absolute atomic E-state index is 0.161. The lowest BCUT2D eigenvalue weighted by atomic mass is 9.90. The number of hydrogen-bond donors (Lipinski definition) is 3. The van der Waals surface area contributed by atoms with Gasteiger partial charge in [0.05, 0.1) is 66.5 Å². The van der Waals surface area contributed by atoms with Gasteiger partial charge in [-0.1, -0.05) is 19.7 Å². The van der Waals surface area contributed by atoms with Gasteiger partial charge in [-0.05, 0) is 48.5 Å². The summed E-state index contributed by atoms with van der Waals surface area (Å²) >= 11 is 0. The van der Waals surface area contributed by atoms with Crippen molar-refractivity contribution in [2.75, 3.05) is 66.1 Å². The van der Waals surface area contributed by atoms with E-state index in [2.05, 4.69) is 19.7 Å². The second-order valence-corrected chi connectivity index (χ2v) is 15.3. The van der Waals surface area contributed by atoms with Gasteiger partial charge in [-0.2, -0.15) is 16.8 Å². The highest BCUT2D eigenvalue weighted by Gasteiger charge is 2.39. The van der Waals surface area contributed by atoms with Gasteiger partial charge < -0.3 is 43.0 Å². The van der Waals surface area contributed by atoms with Crippen LogP contribution in [0.5, 0.6) is 11.5 Å². The number of hydrogen-bond acceptors (Lipinski definition) is 18. The number of esters is 5. The van der Waals surface area contributed by atoms with Gasteiger partial charge in [0.2, 0.25) is 0 Å². The van der Waals surface area contributed by atoms with E-state index in [0.717, 1.165) is 42.5 Å². The molecule has 2 aromatic rings. The molecule has 0 aliphatic carbocycles. The van der Waals surface area contributed by atoms with Gasteiger partial charge >= 0.3 is 29.8 Å². The predicted molar refractivity (Wildman–Crippen MR) is 201 cm³/mol. The number of ether oxygens (including phenoxy) is 8. The van der Waals surface area contributed by atoms with Crippen molar-refractivity contribution in [1.82, 2.24) is 0 Å². The van der Waals surface area contributed by atoms with Crippen molar-refractivity contribution in [2.24, 2.45) is 10.8 Å². The smallest absolute Gasteiger partial charge is 0.330 e. The standard InChI is InChI=1S/C37H44O20S2/c1-4-31(39)53-24-37(25-54-32(40)5-2,26-55-33(41)6-3)21-50-20-36(19-38,22-56-34(42)15-17-51-27-7-11-29(12-8-27)58(44,45)46)23-57-35(43)16-18-52-28-9-13-30(14-10-28)59(47,48)49/h4-14,38H,1-3,15-26H2,(H,44,45,46)(H,47,48,49). The van der Waals surface area contributed by atoms with Crippen LogP contribution in [0.1, 0.15) is 12.8 Å². The molecule has 0 bridgehead atoms. The second kappa shape index (κ2) is 23.7. The summed E-state index contributed by atoms with van der Waals surface area (Å²) in [6.45, 7) is 4.66. The third kappa shape index (κ3) is 18.2. The Morgan fingerprint density at radius 2 is 0.847 bits per heavy atom. The van der Waals surface area contributed by atoms with E-state index in [1.54, 1.807) is 0 Å². The molecule has 2 aromatic carbocycles. The number of carbonyl (C=O) groups excluding carboxylic acids is 5. The van der Waals surface area contributed by atoms with Crippen molar-refractivity contribution in [3.8, 4) is 11.5 Å². The number of carbonyl (C=O) groups is 5. The molecule has 0 radical (unpaired) electrons. The van der Waals surface area contributed by atoms with E-state index < -0.39 is 114 Å². The summed E-state index contributed by atoms with van der Waals surface area (Å²) in [6, 6.07) is 9.32. The summed E-state index contributed by atoms with van der Waals surface area (Å²) in [5.41, 5.74) is -3.26. The van der Waals surface area contributed by atoms with Gasteiger partial charge in [0.25, 0.3) is 20.2 Å². The molecule has 0 saturated carbocycles. The molecule has 0 aliphatic rings. The minimum Gasteiger partial charge on any atom is -0.493 e. The van der Waals surface area contributed by atoms with Crippen LogP contribution in [0.2, 0.25) is 0 Å². The Kier molecular flexibility index (Phi) is 19.9.